The zero-order valence-corrected chi connectivity index (χ0v) is 10.0. The van der Waals surface area contributed by atoms with Gasteiger partial charge in [0.1, 0.15) is 0 Å². The molecule has 0 unspecified atom stereocenters. The van der Waals surface area contributed by atoms with Gasteiger partial charge in [0, 0.05) is 5.54 Å². The summed E-state index contributed by atoms with van der Waals surface area (Å²) in [6, 6.07) is 0. The van der Waals surface area contributed by atoms with E-state index in [-0.39, 0.29) is 0 Å². The quantitative estimate of drug-likeness (QED) is 0.627. The minimum atomic E-state index is 0.426. The predicted octanol–water partition coefficient (Wildman–Crippen LogP) is 2.63. The van der Waals surface area contributed by atoms with Crippen LogP contribution in [0.1, 0.15) is 44.9 Å². The van der Waals surface area contributed by atoms with Crippen LogP contribution in [0.2, 0.25) is 6.32 Å². The summed E-state index contributed by atoms with van der Waals surface area (Å²) in [6.45, 7) is 0.943. The summed E-state index contributed by atoms with van der Waals surface area (Å²) in [7, 11) is 2.34. The van der Waals surface area contributed by atoms with Crippen LogP contribution in [0.15, 0.2) is 0 Å². The summed E-state index contributed by atoms with van der Waals surface area (Å²) in [6.07, 6.45) is 11.2. The van der Waals surface area contributed by atoms with E-state index in [0.29, 0.717) is 5.54 Å². The zero-order valence-electron chi connectivity index (χ0n) is 10.0. The van der Waals surface area contributed by atoms with Gasteiger partial charge in [-0.25, -0.2) is 4.97 Å². The summed E-state index contributed by atoms with van der Waals surface area (Å²) >= 11 is 0. The first-order valence-electron chi connectivity index (χ1n) is 7.10. The summed E-state index contributed by atoms with van der Waals surface area (Å²) in [5.41, 5.74) is 0.426. The van der Waals surface area contributed by atoms with Crippen LogP contribution in [-0.4, -0.2) is 24.5 Å². The van der Waals surface area contributed by atoms with Crippen molar-refractivity contribution in [1.82, 2.24) is 4.97 Å². The Morgan fingerprint density at radius 3 is 2.12 bits per heavy atom. The summed E-state index contributed by atoms with van der Waals surface area (Å²) in [5.74, 6) is 3.06. The van der Waals surface area contributed by atoms with Crippen molar-refractivity contribution < 1.29 is 4.84 Å². The molecule has 5 aliphatic rings. The third-order valence-corrected chi connectivity index (χ3v) is 5.35. The minimum Gasteiger partial charge on any atom is -0.311 e. The highest BCUT2D eigenvalue weighted by molar-refractivity contribution is 6.31. The predicted molar refractivity (Wildman–Crippen MR) is 63.9 cm³/mol. The van der Waals surface area contributed by atoms with Gasteiger partial charge in [0.05, 0.1) is 6.61 Å². The molecular weight excluding hydrogens is 197 g/mol. The van der Waals surface area contributed by atoms with Crippen LogP contribution in [0.4, 0.5) is 0 Å². The van der Waals surface area contributed by atoms with Crippen LogP contribution in [0.25, 0.3) is 0 Å². The van der Waals surface area contributed by atoms with E-state index in [2.05, 4.69) is 12.4 Å². The van der Waals surface area contributed by atoms with Gasteiger partial charge in [-0.15, -0.1) is 0 Å². The average molecular weight is 218 g/mol. The Bertz CT molecular complexity index is 252. The number of hydrogen-bond acceptors (Lipinski definition) is 2. The van der Waals surface area contributed by atoms with Crippen LogP contribution in [0.3, 0.4) is 0 Å². The fraction of sp³-hybridized carbons (Fsp3) is 1.00. The van der Waals surface area contributed by atoms with Crippen LogP contribution in [0.5, 0.6) is 0 Å². The second-order valence-electron chi connectivity index (χ2n) is 6.63. The highest BCUT2D eigenvalue weighted by Gasteiger charge is 2.54. The van der Waals surface area contributed by atoms with Crippen molar-refractivity contribution in [2.45, 2.75) is 56.8 Å². The van der Waals surface area contributed by atoms with Gasteiger partial charge in [-0.1, -0.05) is 6.32 Å². The fourth-order valence-corrected chi connectivity index (χ4v) is 5.17. The first-order valence-corrected chi connectivity index (χ1v) is 7.10. The van der Waals surface area contributed by atoms with Crippen LogP contribution >= 0.6 is 0 Å². The molecule has 0 aromatic heterocycles. The molecule has 1 radical (unpaired) electrons. The molecule has 1 saturated heterocycles. The van der Waals surface area contributed by atoms with E-state index >= 15 is 0 Å². The molecule has 3 heteroatoms. The topological polar surface area (TPSA) is 12.5 Å². The molecule has 0 atom stereocenters. The molecule has 0 amide bonds. The van der Waals surface area contributed by atoms with E-state index in [1.165, 1.54) is 51.3 Å². The molecule has 1 aliphatic heterocycles. The first kappa shape index (κ1) is 9.96. The fourth-order valence-electron chi connectivity index (χ4n) is 5.17. The zero-order chi connectivity index (χ0) is 10.6. The molecule has 4 aliphatic carbocycles. The van der Waals surface area contributed by atoms with Crippen molar-refractivity contribution in [3.05, 3.63) is 0 Å². The molecule has 0 aromatic carbocycles. The molecule has 5 rings (SSSR count). The number of rotatable bonds is 1. The van der Waals surface area contributed by atoms with Crippen molar-refractivity contribution in [3.8, 4) is 0 Å². The van der Waals surface area contributed by atoms with Gasteiger partial charge in [0.2, 0.25) is 7.41 Å². The summed E-state index contributed by atoms with van der Waals surface area (Å²) in [4.78, 5) is 8.25. The third kappa shape index (κ3) is 1.40. The maximum absolute atomic E-state index is 5.94. The standard InChI is InChI=1S/C13H21BNO/c1-2-14-15(16-3-1)13-7-10-4-11(8-13)6-12(5-10)9-13/h10-12H,1-9H2. The van der Waals surface area contributed by atoms with Gasteiger partial charge < -0.3 is 4.84 Å². The Kier molecular flexibility index (Phi) is 2.17. The normalized spacial score (nSPS) is 51.6. The van der Waals surface area contributed by atoms with Crippen molar-refractivity contribution in [1.29, 1.82) is 0 Å². The van der Waals surface area contributed by atoms with E-state index in [0.717, 1.165) is 24.4 Å². The molecule has 2 nitrogen and oxygen atoms in total. The van der Waals surface area contributed by atoms with E-state index in [9.17, 15) is 0 Å². The molecule has 0 spiro atoms. The lowest BCUT2D eigenvalue weighted by atomic mass is 9.51. The minimum absolute atomic E-state index is 0.426. The summed E-state index contributed by atoms with van der Waals surface area (Å²) < 4.78 is 0. The van der Waals surface area contributed by atoms with Crippen LogP contribution in [-0.2, 0) is 4.84 Å². The van der Waals surface area contributed by atoms with Gasteiger partial charge in [0.15, 0.2) is 0 Å². The third-order valence-electron chi connectivity index (χ3n) is 5.35. The highest BCUT2D eigenvalue weighted by atomic mass is 16.7. The highest BCUT2D eigenvalue weighted by Crippen LogP contribution is 2.57. The maximum Gasteiger partial charge on any atom is 0.247 e. The Hall–Kier alpha value is -0.0151. The smallest absolute Gasteiger partial charge is 0.247 e. The van der Waals surface area contributed by atoms with Gasteiger partial charge in [-0.2, -0.15) is 0 Å². The van der Waals surface area contributed by atoms with Crippen molar-refractivity contribution in [3.63, 3.8) is 0 Å². The Labute approximate surface area is 98.9 Å². The lowest BCUT2D eigenvalue weighted by molar-refractivity contribution is -0.213. The van der Waals surface area contributed by atoms with E-state index in [1.54, 1.807) is 0 Å². The second-order valence-corrected chi connectivity index (χ2v) is 6.63. The van der Waals surface area contributed by atoms with Gasteiger partial charge in [0.25, 0.3) is 0 Å². The van der Waals surface area contributed by atoms with Crippen molar-refractivity contribution >= 4 is 7.41 Å². The van der Waals surface area contributed by atoms with Gasteiger partial charge in [-0.05, 0) is 62.7 Å². The molecular formula is C13H21BNO. The van der Waals surface area contributed by atoms with Crippen molar-refractivity contribution in [2.75, 3.05) is 6.61 Å². The number of hydrogen-bond donors (Lipinski definition) is 0. The Morgan fingerprint density at radius 2 is 1.62 bits per heavy atom. The molecule has 4 bridgehead atoms. The molecule has 16 heavy (non-hydrogen) atoms. The monoisotopic (exact) mass is 218 g/mol. The lowest BCUT2D eigenvalue weighted by Crippen LogP contribution is -2.61. The van der Waals surface area contributed by atoms with Gasteiger partial charge >= 0.3 is 0 Å². The molecule has 0 aromatic rings. The number of nitrogens with zero attached hydrogens (tertiary/aromatic N) is 1. The lowest BCUT2D eigenvalue weighted by Gasteiger charge is -2.60. The SMILES string of the molecule is [B]1CCCON1C12CC3CC(CC(C3)C1)C2. The van der Waals surface area contributed by atoms with Crippen LogP contribution in [0, 0.1) is 17.8 Å². The van der Waals surface area contributed by atoms with E-state index in [1.807, 2.05) is 0 Å². The molecule has 0 N–H and O–H groups in total. The molecule has 4 saturated carbocycles. The maximum atomic E-state index is 5.94. The van der Waals surface area contributed by atoms with Crippen molar-refractivity contribution in [2.24, 2.45) is 17.8 Å². The largest absolute Gasteiger partial charge is 0.311 e. The molecule has 5 fully saturated rings. The second kappa shape index (κ2) is 3.49. The van der Waals surface area contributed by atoms with E-state index < -0.39 is 0 Å². The van der Waals surface area contributed by atoms with Crippen LogP contribution < -0.4 is 0 Å². The first-order chi connectivity index (χ1) is 7.84. The molecule has 87 valence electrons. The average Bonchev–Trinajstić information content (AvgIpc) is 2.28. The molecule has 1 heterocycles. The Morgan fingerprint density at radius 1 is 1.00 bits per heavy atom. The summed E-state index contributed by atoms with van der Waals surface area (Å²) in [5, 5.41) is 0. The van der Waals surface area contributed by atoms with Gasteiger partial charge in [-0.3, -0.25) is 0 Å². The Balaban J connectivity index is 1.60. The van der Waals surface area contributed by atoms with E-state index in [4.69, 9.17) is 4.84 Å². The number of hydroxylamine groups is 1.